The number of piperidine rings is 1. The molecule has 1 spiro atoms. The Hall–Kier alpha value is -1.68. The third-order valence-corrected chi connectivity index (χ3v) is 6.51. The second-order valence-electron chi connectivity index (χ2n) is 6.84. The smallest absolute Gasteiger partial charge is 0.163 e. The van der Waals surface area contributed by atoms with Crippen molar-refractivity contribution in [2.45, 2.75) is 38.0 Å². The Morgan fingerprint density at radius 3 is 2.62 bits per heavy atom. The summed E-state index contributed by atoms with van der Waals surface area (Å²) in [7, 11) is 0. The summed E-state index contributed by atoms with van der Waals surface area (Å²) < 4.78 is 5.56. The molecule has 0 unspecified atom stereocenters. The number of nitrogens with two attached hydrogens (primary N) is 3. The minimum absolute atomic E-state index is 0.215. The standard InChI is InChI=1S/C17H25ClN6O2S.C2H6/c18-13-12(1-5-22-14(13)19)27-16(21)23-11(9-25)15(20)24-6-2-17(3-7-24)4-8-26-10-17;1-2/h1,5,25H,2-4,6-10,20H2,(H2,19,22)(H2,21,23);1-2H3/b15-11+;. The Labute approximate surface area is 181 Å². The highest BCUT2D eigenvalue weighted by molar-refractivity contribution is 8.13. The summed E-state index contributed by atoms with van der Waals surface area (Å²) in [6.45, 7) is 6.99. The molecule has 0 aliphatic carbocycles. The van der Waals surface area contributed by atoms with E-state index in [1.165, 1.54) is 0 Å². The van der Waals surface area contributed by atoms with Crippen molar-refractivity contribution < 1.29 is 9.84 Å². The number of aromatic nitrogens is 1. The zero-order valence-electron chi connectivity index (χ0n) is 17.0. The van der Waals surface area contributed by atoms with Gasteiger partial charge in [-0.3, -0.25) is 0 Å². The van der Waals surface area contributed by atoms with Crippen LogP contribution in [0.5, 0.6) is 0 Å². The van der Waals surface area contributed by atoms with Crippen molar-refractivity contribution in [2.75, 3.05) is 38.6 Å². The monoisotopic (exact) mass is 442 g/mol. The van der Waals surface area contributed by atoms with Crippen LogP contribution in [0.25, 0.3) is 0 Å². The summed E-state index contributed by atoms with van der Waals surface area (Å²) in [4.78, 5) is 10.9. The number of halogens is 1. The molecule has 29 heavy (non-hydrogen) atoms. The summed E-state index contributed by atoms with van der Waals surface area (Å²) in [5.41, 5.74) is 18.6. The van der Waals surface area contributed by atoms with Gasteiger partial charge in [-0.25, -0.2) is 9.98 Å². The summed E-state index contributed by atoms with van der Waals surface area (Å²) >= 11 is 7.28. The quantitative estimate of drug-likeness (QED) is 0.317. The summed E-state index contributed by atoms with van der Waals surface area (Å²) in [6, 6.07) is 1.70. The molecule has 3 heterocycles. The van der Waals surface area contributed by atoms with Gasteiger partial charge in [-0.1, -0.05) is 37.2 Å². The molecule has 7 N–H and O–H groups in total. The van der Waals surface area contributed by atoms with E-state index in [9.17, 15) is 5.11 Å². The predicted octanol–water partition coefficient (Wildman–Crippen LogP) is 2.37. The van der Waals surface area contributed by atoms with E-state index >= 15 is 0 Å². The minimum atomic E-state index is -0.302. The summed E-state index contributed by atoms with van der Waals surface area (Å²) in [5, 5.41) is 10.3. The summed E-state index contributed by atoms with van der Waals surface area (Å²) in [6.07, 6.45) is 4.69. The number of anilines is 1. The second kappa shape index (κ2) is 10.9. The molecule has 0 aromatic carbocycles. The fraction of sp³-hybridized carbons (Fsp3) is 0.579. The molecule has 8 nitrogen and oxygen atoms in total. The first-order chi connectivity index (χ1) is 13.9. The fourth-order valence-corrected chi connectivity index (χ4v) is 4.34. The van der Waals surface area contributed by atoms with Crippen LogP contribution in [0.2, 0.25) is 5.02 Å². The Bertz CT molecular complexity index is 742. The maximum absolute atomic E-state index is 9.73. The Kier molecular flexibility index (Phi) is 8.88. The average Bonchev–Trinajstić information content (AvgIpc) is 3.19. The van der Waals surface area contributed by atoms with E-state index in [2.05, 4.69) is 9.98 Å². The first-order valence-electron chi connectivity index (χ1n) is 9.78. The molecule has 0 amide bonds. The Balaban J connectivity index is 0.00000145. The Morgan fingerprint density at radius 1 is 1.34 bits per heavy atom. The van der Waals surface area contributed by atoms with Crippen LogP contribution in [0.3, 0.4) is 0 Å². The van der Waals surface area contributed by atoms with Gasteiger partial charge in [0.05, 0.1) is 18.2 Å². The van der Waals surface area contributed by atoms with Crippen molar-refractivity contribution in [3.8, 4) is 0 Å². The van der Waals surface area contributed by atoms with Gasteiger partial charge in [-0.15, -0.1) is 0 Å². The molecule has 2 saturated heterocycles. The van der Waals surface area contributed by atoms with E-state index in [1.807, 2.05) is 18.7 Å². The van der Waals surface area contributed by atoms with E-state index in [4.69, 9.17) is 33.5 Å². The van der Waals surface area contributed by atoms with Gasteiger partial charge < -0.3 is 31.9 Å². The molecule has 2 fully saturated rings. The molecule has 2 aliphatic heterocycles. The number of thioether (sulfide) groups is 1. The molecule has 162 valence electrons. The van der Waals surface area contributed by atoms with Gasteiger partial charge in [0.1, 0.15) is 17.3 Å². The largest absolute Gasteiger partial charge is 0.390 e. The van der Waals surface area contributed by atoms with Crippen LogP contribution in [0, 0.1) is 5.41 Å². The number of nitrogens with zero attached hydrogens (tertiary/aromatic N) is 3. The molecule has 1 aromatic heterocycles. The van der Waals surface area contributed by atoms with Crippen molar-refractivity contribution in [1.82, 2.24) is 9.88 Å². The zero-order valence-corrected chi connectivity index (χ0v) is 18.6. The van der Waals surface area contributed by atoms with Crippen molar-refractivity contribution in [1.29, 1.82) is 0 Å². The molecular formula is C19H31ClN6O2S. The third-order valence-electron chi connectivity index (χ3n) is 5.14. The zero-order chi connectivity index (χ0) is 21.4. The van der Waals surface area contributed by atoms with Gasteiger partial charge in [0, 0.05) is 30.8 Å². The van der Waals surface area contributed by atoms with Crippen LogP contribution >= 0.6 is 23.4 Å². The number of nitrogen functional groups attached to an aromatic ring is 1. The molecule has 0 saturated carbocycles. The first-order valence-corrected chi connectivity index (χ1v) is 11.0. The van der Waals surface area contributed by atoms with Gasteiger partial charge in [-0.2, -0.15) is 0 Å². The number of aliphatic imine (C=N–C) groups is 1. The number of rotatable bonds is 4. The predicted molar refractivity (Wildman–Crippen MR) is 119 cm³/mol. The number of pyridine rings is 1. The maximum atomic E-state index is 9.73. The van der Waals surface area contributed by atoms with E-state index in [-0.39, 0.29) is 23.0 Å². The molecule has 2 aliphatic rings. The van der Waals surface area contributed by atoms with Crippen LogP contribution in [-0.4, -0.2) is 53.1 Å². The van der Waals surface area contributed by atoms with E-state index in [1.54, 1.807) is 12.3 Å². The van der Waals surface area contributed by atoms with Crippen LogP contribution in [-0.2, 0) is 4.74 Å². The van der Waals surface area contributed by atoms with Gasteiger partial charge >= 0.3 is 0 Å². The molecular weight excluding hydrogens is 412 g/mol. The van der Waals surface area contributed by atoms with Crippen LogP contribution in [0.15, 0.2) is 33.7 Å². The van der Waals surface area contributed by atoms with E-state index in [0.717, 1.165) is 57.3 Å². The van der Waals surface area contributed by atoms with Crippen molar-refractivity contribution in [2.24, 2.45) is 21.9 Å². The third kappa shape index (κ3) is 5.91. The SMILES string of the molecule is CC.NC(=N/C(CO)=C(\N)N1CCC2(CCOC2)CC1)Sc1ccnc(N)c1Cl. The van der Waals surface area contributed by atoms with Crippen LogP contribution < -0.4 is 17.2 Å². The molecule has 0 bridgehead atoms. The minimum Gasteiger partial charge on any atom is -0.390 e. The summed E-state index contributed by atoms with van der Waals surface area (Å²) in [5.74, 6) is 0.681. The highest BCUT2D eigenvalue weighted by Crippen LogP contribution is 2.39. The van der Waals surface area contributed by atoms with Crippen molar-refractivity contribution in [3.05, 3.63) is 28.8 Å². The number of likely N-dealkylation sites (tertiary alicyclic amines) is 1. The van der Waals surface area contributed by atoms with Gasteiger partial charge in [0.2, 0.25) is 0 Å². The number of ether oxygens (including phenoxy) is 1. The fourth-order valence-electron chi connectivity index (χ4n) is 3.41. The molecule has 10 heteroatoms. The molecule has 0 radical (unpaired) electrons. The average molecular weight is 443 g/mol. The molecule has 1 aromatic rings. The van der Waals surface area contributed by atoms with Gasteiger partial charge in [0.25, 0.3) is 0 Å². The van der Waals surface area contributed by atoms with Crippen molar-refractivity contribution >= 4 is 34.3 Å². The lowest BCUT2D eigenvalue weighted by molar-refractivity contribution is 0.0932. The molecule has 3 rings (SSSR count). The normalized spacial score (nSPS) is 19.6. The lowest BCUT2D eigenvalue weighted by Crippen LogP contribution is -2.42. The lowest BCUT2D eigenvalue weighted by Gasteiger charge is -2.39. The number of hydrogen-bond acceptors (Lipinski definition) is 8. The van der Waals surface area contributed by atoms with Crippen LogP contribution in [0.1, 0.15) is 33.1 Å². The molecule has 0 atom stereocenters. The van der Waals surface area contributed by atoms with Gasteiger partial charge in [0.15, 0.2) is 5.17 Å². The first kappa shape index (κ1) is 23.6. The number of hydrogen-bond donors (Lipinski definition) is 4. The highest BCUT2D eigenvalue weighted by atomic mass is 35.5. The van der Waals surface area contributed by atoms with E-state index < -0.39 is 0 Å². The topological polar surface area (TPSA) is 136 Å². The van der Waals surface area contributed by atoms with Crippen molar-refractivity contribution in [3.63, 3.8) is 0 Å². The van der Waals surface area contributed by atoms with Crippen LogP contribution in [0.4, 0.5) is 5.82 Å². The van der Waals surface area contributed by atoms with Gasteiger partial charge in [-0.05, 0) is 30.7 Å². The maximum Gasteiger partial charge on any atom is 0.163 e. The second-order valence-corrected chi connectivity index (χ2v) is 8.28. The Morgan fingerprint density at radius 2 is 2.03 bits per heavy atom. The number of aliphatic hydroxyl groups is 1. The van der Waals surface area contributed by atoms with E-state index in [0.29, 0.717) is 21.4 Å². The highest BCUT2D eigenvalue weighted by Gasteiger charge is 2.38. The lowest BCUT2D eigenvalue weighted by atomic mass is 9.78. The number of amidine groups is 1. The number of aliphatic hydroxyl groups excluding tert-OH is 1.